The summed E-state index contributed by atoms with van der Waals surface area (Å²) in [6.45, 7) is 0.0463. The Balaban J connectivity index is 1.67. The molecule has 0 atom stereocenters. The number of aromatic nitrogens is 3. The summed E-state index contributed by atoms with van der Waals surface area (Å²) in [7, 11) is 1.49. The minimum absolute atomic E-state index is 0.0328. The van der Waals surface area contributed by atoms with Crippen molar-refractivity contribution in [3.63, 3.8) is 0 Å². The largest absolute Gasteiger partial charge is 0.489 e. The molecular weight excluding hydrogens is 462 g/mol. The number of halogens is 3. The van der Waals surface area contributed by atoms with Crippen molar-refractivity contribution in [2.24, 2.45) is 0 Å². The molecule has 0 aliphatic heterocycles. The van der Waals surface area contributed by atoms with Crippen LogP contribution in [0.15, 0.2) is 36.5 Å². The molecule has 9 nitrogen and oxygen atoms in total. The van der Waals surface area contributed by atoms with E-state index in [1.807, 2.05) is 0 Å². The smallest absolute Gasteiger partial charge is 0.276 e. The zero-order valence-electron chi connectivity index (χ0n) is 16.7. The molecule has 2 amide bonds. The molecular formula is C20H17Cl2FN6O3. The highest BCUT2D eigenvalue weighted by atomic mass is 35.5. The van der Waals surface area contributed by atoms with Crippen LogP contribution in [0.3, 0.4) is 0 Å². The van der Waals surface area contributed by atoms with E-state index in [0.29, 0.717) is 16.3 Å². The third-order valence-corrected chi connectivity index (χ3v) is 5.01. The topological polar surface area (TPSA) is 132 Å². The number of ether oxygens (including phenoxy) is 1. The van der Waals surface area contributed by atoms with Crippen LogP contribution in [0.1, 0.15) is 26.5 Å². The molecule has 0 radical (unpaired) electrons. The molecule has 3 rings (SSSR count). The van der Waals surface area contributed by atoms with Gasteiger partial charge in [0.1, 0.15) is 11.5 Å². The van der Waals surface area contributed by atoms with Crippen LogP contribution in [0.2, 0.25) is 10.0 Å². The van der Waals surface area contributed by atoms with Gasteiger partial charge in [-0.25, -0.2) is 9.37 Å². The first kappa shape index (κ1) is 23.2. The molecule has 2 heterocycles. The van der Waals surface area contributed by atoms with E-state index in [0.717, 1.165) is 0 Å². The summed E-state index contributed by atoms with van der Waals surface area (Å²) in [5.41, 5.74) is 6.65. The van der Waals surface area contributed by atoms with Crippen LogP contribution in [0.25, 0.3) is 0 Å². The summed E-state index contributed by atoms with van der Waals surface area (Å²) >= 11 is 12.0. The van der Waals surface area contributed by atoms with E-state index in [1.54, 1.807) is 0 Å². The fraction of sp³-hybridized carbons (Fsp3) is 0.150. The van der Waals surface area contributed by atoms with Gasteiger partial charge < -0.3 is 21.1 Å². The van der Waals surface area contributed by atoms with Crippen molar-refractivity contribution in [1.29, 1.82) is 0 Å². The van der Waals surface area contributed by atoms with Crippen molar-refractivity contribution in [3.8, 4) is 5.75 Å². The number of pyridine rings is 1. The van der Waals surface area contributed by atoms with Crippen molar-refractivity contribution < 1.29 is 18.7 Å². The van der Waals surface area contributed by atoms with Crippen molar-refractivity contribution >= 4 is 46.5 Å². The van der Waals surface area contributed by atoms with Crippen LogP contribution in [0.4, 0.5) is 15.9 Å². The van der Waals surface area contributed by atoms with Crippen molar-refractivity contribution in [3.05, 3.63) is 69.3 Å². The molecule has 1 aromatic carbocycles. The van der Waals surface area contributed by atoms with E-state index in [2.05, 4.69) is 25.8 Å². The molecule has 0 saturated carbocycles. The molecule has 0 aliphatic carbocycles. The first-order valence-electron chi connectivity index (χ1n) is 9.18. The maximum Gasteiger partial charge on any atom is 0.276 e. The number of carbonyl (C=O) groups excluding carboxylic acids is 2. The van der Waals surface area contributed by atoms with E-state index < -0.39 is 11.7 Å². The van der Waals surface area contributed by atoms with Gasteiger partial charge in [0.25, 0.3) is 11.8 Å². The number of nitrogens with two attached hydrogens (primary N) is 1. The number of rotatable bonds is 7. The molecule has 0 saturated heterocycles. The van der Waals surface area contributed by atoms with Crippen molar-refractivity contribution in [2.45, 2.75) is 6.42 Å². The Bertz CT molecular complexity index is 1160. The Morgan fingerprint density at radius 1 is 1.12 bits per heavy atom. The number of nitrogens with zero attached hydrogens (tertiary/aromatic N) is 3. The molecule has 0 aliphatic rings. The lowest BCUT2D eigenvalue weighted by Crippen LogP contribution is -2.19. The minimum Gasteiger partial charge on any atom is -0.489 e. The highest BCUT2D eigenvalue weighted by Gasteiger charge is 2.15. The van der Waals surface area contributed by atoms with E-state index in [9.17, 15) is 14.0 Å². The lowest BCUT2D eigenvalue weighted by molar-refractivity contribution is 0.0957. The first-order valence-corrected chi connectivity index (χ1v) is 9.93. The van der Waals surface area contributed by atoms with E-state index in [-0.39, 0.29) is 46.9 Å². The van der Waals surface area contributed by atoms with Gasteiger partial charge in [-0.15, -0.1) is 10.2 Å². The van der Waals surface area contributed by atoms with Gasteiger partial charge >= 0.3 is 0 Å². The molecule has 0 bridgehead atoms. The number of hydrogen-bond acceptors (Lipinski definition) is 7. The van der Waals surface area contributed by atoms with Crippen molar-refractivity contribution in [1.82, 2.24) is 20.5 Å². The van der Waals surface area contributed by atoms with Crippen LogP contribution in [-0.4, -0.2) is 40.7 Å². The van der Waals surface area contributed by atoms with Gasteiger partial charge in [0.05, 0.1) is 23.5 Å². The Kier molecular flexibility index (Phi) is 7.39. The Morgan fingerprint density at radius 3 is 2.59 bits per heavy atom. The van der Waals surface area contributed by atoms with E-state index >= 15 is 0 Å². The molecule has 166 valence electrons. The minimum atomic E-state index is -0.590. The monoisotopic (exact) mass is 478 g/mol. The van der Waals surface area contributed by atoms with Gasteiger partial charge in [0.15, 0.2) is 17.3 Å². The van der Waals surface area contributed by atoms with Crippen LogP contribution < -0.4 is 21.1 Å². The SMILES string of the molecule is CNC(=O)c1ccc(NC(=O)c2cc(OCCc3c(Cl)ccc(F)c3Cl)c(N)nn2)cn1. The van der Waals surface area contributed by atoms with Crippen LogP contribution >= 0.6 is 23.2 Å². The lowest BCUT2D eigenvalue weighted by atomic mass is 10.1. The maximum absolute atomic E-state index is 13.6. The number of anilines is 2. The summed E-state index contributed by atoms with van der Waals surface area (Å²) in [5.74, 6) is -1.45. The van der Waals surface area contributed by atoms with Crippen molar-refractivity contribution in [2.75, 3.05) is 24.7 Å². The Labute approximate surface area is 192 Å². The standard InChI is InChI=1S/C20H17Cl2FN6O3/c1-25-19(30)14-5-2-10(9-26-14)27-20(31)15-8-16(18(24)29-28-15)32-7-6-11-12(21)3-4-13(23)17(11)22/h2-5,8-9H,6-7H2,1H3,(H2,24,29)(H,25,30)(H,27,31). The van der Waals surface area contributed by atoms with Gasteiger partial charge in [-0.05, 0) is 29.8 Å². The average Bonchev–Trinajstić information content (AvgIpc) is 2.79. The fourth-order valence-electron chi connectivity index (χ4n) is 2.60. The molecule has 3 aromatic rings. The number of amides is 2. The maximum atomic E-state index is 13.6. The second kappa shape index (κ2) is 10.2. The van der Waals surface area contributed by atoms with Crippen LogP contribution in [0, 0.1) is 5.82 Å². The van der Waals surface area contributed by atoms with Gasteiger partial charge in [0, 0.05) is 24.6 Å². The zero-order valence-corrected chi connectivity index (χ0v) is 18.2. The predicted octanol–water partition coefficient (Wildman–Crippen LogP) is 3.13. The third kappa shape index (κ3) is 5.40. The van der Waals surface area contributed by atoms with Gasteiger partial charge in [0.2, 0.25) is 0 Å². The Hall–Kier alpha value is -3.50. The molecule has 2 aromatic heterocycles. The summed E-state index contributed by atoms with van der Waals surface area (Å²) in [4.78, 5) is 28.0. The summed E-state index contributed by atoms with van der Waals surface area (Å²) in [6, 6.07) is 6.87. The number of benzene rings is 1. The first-order chi connectivity index (χ1) is 15.3. The van der Waals surface area contributed by atoms with Crippen LogP contribution in [-0.2, 0) is 6.42 Å². The second-order valence-electron chi connectivity index (χ2n) is 6.36. The summed E-state index contributed by atoms with van der Waals surface area (Å²) in [6.07, 6.45) is 1.53. The number of hydrogen-bond donors (Lipinski definition) is 3. The van der Waals surface area contributed by atoms with Crippen LogP contribution in [0.5, 0.6) is 5.75 Å². The number of nitrogen functional groups attached to an aromatic ring is 1. The molecule has 0 spiro atoms. The molecule has 0 fully saturated rings. The van der Waals surface area contributed by atoms with E-state index in [1.165, 1.54) is 43.6 Å². The molecule has 0 unspecified atom stereocenters. The van der Waals surface area contributed by atoms with E-state index in [4.69, 9.17) is 33.7 Å². The zero-order chi connectivity index (χ0) is 23.3. The summed E-state index contributed by atoms with van der Waals surface area (Å²) < 4.78 is 19.2. The summed E-state index contributed by atoms with van der Waals surface area (Å²) in [5, 5.41) is 12.7. The normalized spacial score (nSPS) is 10.5. The quantitative estimate of drug-likeness (QED) is 0.444. The fourth-order valence-corrected chi connectivity index (χ4v) is 3.16. The highest BCUT2D eigenvalue weighted by Crippen LogP contribution is 2.28. The van der Waals surface area contributed by atoms with Gasteiger partial charge in [-0.2, -0.15) is 0 Å². The predicted molar refractivity (Wildman–Crippen MR) is 118 cm³/mol. The lowest BCUT2D eigenvalue weighted by Gasteiger charge is -2.11. The van der Waals surface area contributed by atoms with Gasteiger partial charge in [-0.3, -0.25) is 9.59 Å². The molecule has 32 heavy (non-hydrogen) atoms. The van der Waals surface area contributed by atoms with Gasteiger partial charge in [-0.1, -0.05) is 23.2 Å². The third-order valence-electron chi connectivity index (χ3n) is 4.25. The Morgan fingerprint density at radius 2 is 1.91 bits per heavy atom. The number of carbonyl (C=O) groups is 2. The second-order valence-corrected chi connectivity index (χ2v) is 7.15. The number of nitrogens with one attached hydrogen (secondary N) is 2. The molecule has 12 heteroatoms. The highest BCUT2D eigenvalue weighted by molar-refractivity contribution is 6.36. The average molecular weight is 479 g/mol. The molecule has 4 N–H and O–H groups in total.